The van der Waals surface area contributed by atoms with Crippen molar-refractivity contribution < 1.29 is 14.7 Å². The van der Waals surface area contributed by atoms with Gasteiger partial charge in [0, 0.05) is 24.5 Å². The lowest BCUT2D eigenvalue weighted by molar-refractivity contribution is -0.131. The van der Waals surface area contributed by atoms with Crippen LogP contribution >= 0.6 is 0 Å². The van der Waals surface area contributed by atoms with Crippen LogP contribution in [0.1, 0.15) is 41.6 Å². The molecule has 1 heterocycles. The monoisotopic (exact) mass is 286 g/mol. The van der Waals surface area contributed by atoms with Crippen molar-refractivity contribution in [2.45, 2.75) is 31.7 Å². The van der Waals surface area contributed by atoms with Crippen molar-refractivity contribution >= 4 is 18.0 Å². The topological polar surface area (TPSA) is 79.3 Å². The number of carboxylic acid groups (broad SMARTS) is 1. The minimum Gasteiger partial charge on any atom is -0.478 e. The van der Waals surface area contributed by atoms with Gasteiger partial charge in [0.25, 0.3) is 5.91 Å². The van der Waals surface area contributed by atoms with E-state index in [0.717, 1.165) is 18.4 Å². The number of fused-ring (bicyclic) bond motifs is 2. The molecule has 21 heavy (non-hydrogen) atoms. The molecule has 1 amide bonds. The van der Waals surface area contributed by atoms with Gasteiger partial charge in [-0.25, -0.2) is 4.79 Å². The molecule has 5 nitrogen and oxygen atoms in total. The van der Waals surface area contributed by atoms with Gasteiger partial charge in [-0.2, -0.15) is 0 Å². The van der Waals surface area contributed by atoms with Gasteiger partial charge in [0.05, 0.1) is 5.56 Å². The molecule has 0 aliphatic heterocycles. The molecule has 0 radical (unpaired) electrons. The third-order valence-corrected chi connectivity index (χ3v) is 4.49. The van der Waals surface area contributed by atoms with E-state index in [4.69, 9.17) is 5.11 Å². The molecule has 2 aliphatic rings. The van der Waals surface area contributed by atoms with Crippen molar-refractivity contribution in [3.63, 3.8) is 0 Å². The molecule has 3 atom stereocenters. The number of carboxylic acids is 1. The molecule has 3 rings (SSSR count). The van der Waals surface area contributed by atoms with E-state index in [9.17, 15) is 9.59 Å². The number of hydrogen-bond acceptors (Lipinski definition) is 3. The summed E-state index contributed by atoms with van der Waals surface area (Å²) in [7, 11) is 0. The maximum absolute atomic E-state index is 12.3. The number of amides is 1. The highest BCUT2D eigenvalue weighted by Gasteiger charge is 2.40. The predicted octanol–water partition coefficient (Wildman–Crippen LogP) is 2.10. The molecule has 5 heteroatoms. The average molecular weight is 286 g/mol. The maximum Gasteiger partial charge on any atom is 0.328 e. The lowest BCUT2D eigenvalue weighted by Crippen LogP contribution is -2.38. The Hall–Kier alpha value is -2.17. The fourth-order valence-electron chi connectivity index (χ4n) is 3.51. The summed E-state index contributed by atoms with van der Waals surface area (Å²) in [4.78, 5) is 26.8. The van der Waals surface area contributed by atoms with Crippen LogP contribution in [0, 0.1) is 11.8 Å². The lowest BCUT2D eigenvalue weighted by atomic mass is 9.95. The summed E-state index contributed by atoms with van der Waals surface area (Å²) in [5, 5.41) is 11.7. The van der Waals surface area contributed by atoms with Crippen LogP contribution in [0.5, 0.6) is 0 Å². The van der Waals surface area contributed by atoms with E-state index >= 15 is 0 Å². The zero-order chi connectivity index (χ0) is 14.8. The number of hydrogen-bond donors (Lipinski definition) is 2. The summed E-state index contributed by atoms with van der Waals surface area (Å²) in [5.74, 6) is 0.266. The van der Waals surface area contributed by atoms with Crippen LogP contribution in [0.25, 0.3) is 6.08 Å². The maximum atomic E-state index is 12.3. The Morgan fingerprint density at radius 2 is 2.14 bits per heavy atom. The van der Waals surface area contributed by atoms with Crippen LogP contribution in [-0.2, 0) is 4.79 Å². The molecule has 2 aliphatic carbocycles. The number of carbonyl (C=O) groups is 2. The first-order chi connectivity index (χ1) is 10.1. The van der Waals surface area contributed by atoms with E-state index in [1.54, 1.807) is 6.07 Å². The smallest absolute Gasteiger partial charge is 0.328 e. The molecule has 3 unspecified atom stereocenters. The summed E-state index contributed by atoms with van der Waals surface area (Å²) in [6, 6.07) is 1.95. The first-order valence-electron chi connectivity index (χ1n) is 7.29. The zero-order valence-corrected chi connectivity index (χ0v) is 11.7. The van der Waals surface area contributed by atoms with Crippen LogP contribution in [0.2, 0.25) is 0 Å². The van der Waals surface area contributed by atoms with E-state index < -0.39 is 5.97 Å². The van der Waals surface area contributed by atoms with Gasteiger partial charge in [-0.3, -0.25) is 9.78 Å². The second kappa shape index (κ2) is 5.68. The predicted molar refractivity (Wildman–Crippen MR) is 77.6 cm³/mol. The third-order valence-electron chi connectivity index (χ3n) is 4.49. The standard InChI is InChI=1S/C16H18N2O3/c19-15(20)4-2-11-6-13(9-17-8-11)16(21)18-14-7-10-1-3-12(14)5-10/h2,4,6,8-10,12,14H,1,3,5,7H2,(H,18,21)(H,19,20). The molecular formula is C16H18N2O3. The lowest BCUT2D eigenvalue weighted by Gasteiger charge is -2.22. The Bertz CT molecular complexity index is 597. The minimum atomic E-state index is -1.02. The van der Waals surface area contributed by atoms with E-state index in [1.165, 1.54) is 37.7 Å². The molecular weight excluding hydrogens is 268 g/mol. The molecule has 2 N–H and O–H groups in total. The Kier molecular flexibility index (Phi) is 3.73. The normalized spacial score (nSPS) is 27.1. The van der Waals surface area contributed by atoms with Crippen molar-refractivity contribution in [2.24, 2.45) is 11.8 Å². The molecule has 2 bridgehead atoms. The first-order valence-corrected chi connectivity index (χ1v) is 7.29. The highest BCUT2D eigenvalue weighted by Crippen LogP contribution is 2.44. The van der Waals surface area contributed by atoms with Gasteiger partial charge in [0.15, 0.2) is 0 Å². The van der Waals surface area contributed by atoms with Gasteiger partial charge in [0.2, 0.25) is 0 Å². The van der Waals surface area contributed by atoms with Crippen molar-refractivity contribution in [1.82, 2.24) is 10.3 Å². The summed E-state index contributed by atoms with van der Waals surface area (Å²) in [6.45, 7) is 0. The van der Waals surface area contributed by atoms with Crippen molar-refractivity contribution in [1.29, 1.82) is 0 Å². The van der Waals surface area contributed by atoms with E-state index in [-0.39, 0.29) is 11.9 Å². The van der Waals surface area contributed by atoms with Gasteiger partial charge in [-0.05, 0) is 48.8 Å². The van der Waals surface area contributed by atoms with Crippen molar-refractivity contribution in [3.8, 4) is 0 Å². The summed E-state index contributed by atoms with van der Waals surface area (Å²) >= 11 is 0. The van der Waals surface area contributed by atoms with E-state index in [2.05, 4.69) is 10.3 Å². The van der Waals surface area contributed by atoms with E-state index in [0.29, 0.717) is 17.0 Å². The number of nitrogens with zero attached hydrogens (tertiary/aromatic N) is 1. The average Bonchev–Trinajstić information content (AvgIpc) is 3.08. The summed E-state index contributed by atoms with van der Waals surface area (Å²) in [5.41, 5.74) is 1.09. The number of aliphatic carboxylic acids is 1. The largest absolute Gasteiger partial charge is 0.478 e. The molecule has 2 saturated carbocycles. The van der Waals surface area contributed by atoms with E-state index in [1.807, 2.05) is 0 Å². The fraction of sp³-hybridized carbons (Fsp3) is 0.438. The summed E-state index contributed by atoms with van der Waals surface area (Å²) < 4.78 is 0. The van der Waals surface area contributed by atoms with Crippen LogP contribution in [-0.4, -0.2) is 28.0 Å². The number of nitrogens with one attached hydrogen (secondary N) is 1. The molecule has 0 aromatic carbocycles. The van der Waals surface area contributed by atoms with Crippen LogP contribution in [0.15, 0.2) is 24.5 Å². The minimum absolute atomic E-state index is 0.120. The Morgan fingerprint density at radius 1 is 1.29 bits per heavy atom. The third kappa shape index (κ3) is 3.12. The van der Waals surface area contributed by atoms with Gasteiger partial charge < -0.3 is 10.4 Å². The Balaban J connectivity index is 1.67. The number of carbonyl (C=O) groups excluding carboxylic acids is 1. The number of pyridine rings is 1. The highest BCUT2D eigenvalue weighted by molar-refractivity contribution is 5.95. The van der Waals surface area contributed by atoms with Gasteiger partial charge in [0.1, 0.15) is 0 Å². The molecule has 2 fully saturated rings. The van der Waals surface area contributed by atoms with Crippen molar-refractivity contribution in [2.75, 3.05) is 0 Å². The molecule has 0 saturated heterocycles. The SMILES string of the molecule is O=C(O)C=Cc1cncc(C(=O)NC2CC3CCC2C3)c1. The van der Waals surface area contributed by atoms with Crippen molar-refractivity contribution in [3.05, 3.63) is 35.7 Å². The van der Waals surface area contributed by atoms with Crippen LogP contribution < -0.4 is 5.32 Å². The fourth-order valence-corrected chi connectivity index (χ4v) is 3.51. The highest BCUT2D eigenvalue weighted by atomic mass is 16.4. The van der Waals surface area contributed by atoms with Gasteiger partial charge in [-0.15, -0.1) is 0 Å². The second-order valence-electron chi connectivity index (χ2n) is 5.93. The van der Waals surface area contributed by atoms with Gasteiger partial charge in [-0.1, -0.05) is 6.42 Å². The quantitative estimate of drug-likeness (QED) is 0.831. The molecule has 110 valence electrons. The summed E-state index contributed by atoms with van der Waals surface area (Å²) in [6.07, 6.45) is 10.4. The first kappa shape index (κ1) is 13.8. The Labute approximate surface area is 123 Å². The van der Waals surface area contributed by atoms with Crippen LogP contribution in [0.3, 0.4) is 0 Å². The molecule has 1 aromatic rings. The van der Waals surface area contributed by atoms with Gasteiger partial charge >= 0.3 is 5.97 Å². The van der Waals surface area contributed by atoms with Crippen LogP contribution in [0.4, 0.5) is 0 Å². The zero-order valence-electron chi connectivity index (χ0n) is 11.7. The molecule has 1 aromatic heterocycles. The number of aromatic nitrogens is 1. The molecule has 0 spiro atoms. The number of rotatable bonds is 4. The second-order valence-corrected chi connectivity index (χ2v) is 5.93. The Morgan fingerprint density at radius 3 is 2.81 bits per heavy atom.